The lowest BCUT2D eigenvalue weighted by Crippen LogP contribution is -2.24. The predicted octanol–water partition coefficient (Wildman–Crippen LogP) is 2.02. The van der Waals surface area contributed by atoms with Crippen LogP contribution in [0.1, 0.15) is 18.1 Å². The van der Waals surface area contributed by atoms with Crippen LogP contribution in [0.5, 0.6) is 0 Å². The molecule has 2 aromatic rings. The summed E-state index contributed by atoms with van der Waals surface area (Å²) in [6.45, 7) is -0.136. The Balaban J connectivity index is 2.00. The molecule has 2 aromatic carbocycles. The largest absolute Gasteiger partial charge is 0.394 e. The Morgan fingerprint density at radius 2 is 1.89 bits per heavy atom. The third-order valence-electron chi connectivity index (χ3n) is 3.57. The third kappa shape index (κ3) is 1.90. The highest BCUT2D eigenvalue weighted by atomic mass is 16.5. The van der Waals surface area contributed by atoms with Crippen LogP contribution in [0.4, 0.5) is 0 Å². The normalized spacial score (nSPS) is 27.8. The highest BCUT2D eigenvalue weighted by Crippen LogP contribution is 2.36. The van der Waals surface area contributed by atoms with Crippen LogP contribution in [0.3, 0.4) is 0 Å². The topological polar surface area (TPSA) is 49.7 Å². The zero-order chi connectivity index (χ0) is 12.5. The van der Waals surface area contributed by atoms with E-state index in [2.05, 4.69) is 18.2 Å². The van der Waals surface area contributed by atoms with E-state index in [0.717, 1.165) is 10.9 Å². The molecule has 1 heterocycles. The Bertz CT molecular complexity index is 547. The summed E-state index contributed by atoms with van der Waals surface area (Å²) >= 11 is 0. The van der Waals surface area contributed by atoms with Crippen molar-refractivity contribution in [1.82, 2.24) is 0 Å². The Labute approximate surface area is 106 Å². The highest BCUT2D eigenvalue weighted by Gasteiger charge is 2.34. The van der Waals surface area contributed by atoms with Crippen molar-refractivity contribution in [3.8, 4) is 0 Å². The van der Waals surface area contributed by atoms with Gasteiger partial charge < -0.3 is 14.9 Å². The molecule has 18 heavy (non-hydrogen) atoms. The maximum absolute atomic E-state index is 9.81. The summed E-state index contributed by atoms with van der Waals surface area (Å²) in [5.41, 5.74) is 1.09. The van der Waals surface area contributed by atoms with Gasteiger partial charge in [0, 0.05) is 6.42 Å². The van der Waals surface area contributed by atoms with Gasteiger partial charge in [0.15, 0.2) is 0 Å². The molecule has 0 aliphatic carbocycles. The fourth-order valence-electron chi connectivity index (χ4n) is 2.62. The average molecular weight is 244 g/mol. The Morgan fingerprint density at radius 3 is 2.67 bits per heavy atom. The Morgan fingerprint density at radius 1 is 1.11 bits per heavy atom. The molecule has 1 saturated heterocycles. The van der Waals surface area contributed by atoms with Crippen molar-refractivity contribution in [2.45, 2.75) is 24.7 Å². The van der Waals surface area contributed by atoms with Crippen LogP contribution in [0, 0.1) is 0 Å². The summed E-state index contributed by atoms with van der Waals surface area (Å²) in [6, 6.07) is 14.2. The molecule has 0 saturated carbocycles. The molecule has 3 atom stereocenters. The molecule has 1 aliphatic rings. The van der Waals surface area contributed by atoms with Gasteiger partial charge in [-0.3, -0.25) is 0 Å². The molecule has 0 spiro atoms. The van der Waals surface area contributed by atoms with E-state index in [1.54, 1.807) is 0 Å². The highest BCUT2D eigenvalue weighted by molar-refractivity contribution is 5.86. The van der Waals surface area contributed by atoms with E-state index in [1.165, 1.54) is 5.39 Å². The molecule has 0 radical (unpaired) electrons. The first-order valence-electron chi connectivity index (χ1n) is 6.21. The van der Waals surface area contributed by atoms with Gasteiger partial charge in [-0.15, -0.1) is 0 Å². The van der Waals surface area contributed by atoms with Crippen LogP contribution in [-0.4, -0.2) is 29.0 Å². The minimum absolute atomic E-state index is 0.136. The van der Waals surface area contributed by atoms with Crippen LogP contribution in [0.25, 0.3) is 10.8 Å². The van der Waals surface area contributed by atoms with E-state index < -0.39 is 12.2 Å². The van der Waals surface area contributed by atoms with Gasteiger partial charge in [0.25, 0.3) is 0 Å². The van der Waals surface area contributed by atoms with Gasteiger partial charge in [-0.25, -0.2) is 0 Å². The van der Waals surface area contributed by atoms with E-state index in [4.69, 9.17) is 9.84 Å². The zero-order valence-corrected chi connectivity index (χ0v) is 9.99. The molecule has 94 valence electrons. The SMILES string of the molecule is OC[C@H]1O[C@@H](c2cccc3ccccc23)C[C@@H]1O. The summed E-state index contributed by atoms with van der Waals surface area (Å²) in [6.07, 6.45) is -0.643. The van der Waals surface area contributed by atoms with Crippen LogP contribution in [0.2, 0.25) is 0 Å². The van der Waals surface area contributed by atoms with Gasteiger partial charge in [-0.1, -0.05) is 42.5 Å². The van der Waals surface area contributed by atoms with E-state index >= 15 is 0 Å². The van der Waals surface area contributed by atoms with Gasteiger partial charge in [-0.2, -0.15) is 0 Å². The van der Waals surface area contributed by atoms with Crippen molar-refractivity contribution < 1.29 is 14.9 Å². The summed E-state index contributed by atoms with van der Waals surface area (Å²) < 4.78 is 5.72. The molecule has 1 aliphatic heterocycles. The van der Waals surface area contributed by atoms with Crippen molar-refractivity contribution in [2.75, 3.05) is 6.61 Å². The lowest BCUT2D eigenvalue weighted by molar-refractivity contribution is -0.0222. The summed E-state index contributed by atoms with van der Waals surface area (Å²) in [5, 5.41) is 21.3. The number of ether oxygens (including phenoxy) is 1. The maximum Gasteiger partial charge on any atom is 0.107 e. The standard InChI is InChI=1S/C15H16O3/c16-9-15-13(17)8-14(18-15)12-7-3-5-10-4-1-2-6-11(10)12/h1-7,13-17H,8-9H2/t13-,14+,15+/m0/s1. The molecule has 1 fully saturated rings. The summed E-state index contributed by atoms with van der Waals surface area (Å²) in [7, 11) is 0. The molecule has 3 heteroatoms. The number of rotatable bonds is 2. The molecule has 2 N–H and O–H groups in total. The number of benzene rings is 2. The van der Waals surface area contributed by atoms with E-state index in [9.17, 15) is 5.11 Å². The first-order valence-corrected chi connectivity index (χ1v) is 6.21. The Hall–Kier alpha value is -1.42. The zero-order valence-electron chi connectivity index (χ0n) is 9.99. The molecule has 0 bridgehead atoms. The van der Waals surface area contributed by atoms with Crippen molar-refractivity contribution in [3.63, 3.8) is 0 Å². The van der Waals surface area contributed by atoms with Crippen LogP contribution >= 0.6 is 0 Å². The lowest BCUT2D eigenvalue weighted by Gasteiger charge is -2.14. The molecular weight excluding hydrogens is 228 g/mol. The second kappa shape index (κ2) is 4.69. The van der Waals surface area contributed by atoms with Crippen molar-refractivity contribution >= 4 is 10.8 Å². The molecule has 3 nitrogen and oxygen atoms in total. The van der Waals surface area contributed by atoms with Gasteiger partial charge in [0.1, 0.15) is 6.10 Å². The monoisotopic (exact) mass is 244 g/mol. The minimum Gasteiger partial charge on any atom is -0.394 e. The Kier molecular flexibility index (Phi) is 3.04. The summed E-state index contributed by atoms with van der Waals surface area (Å²) in [5.74, 6) is 0. The van der Waals surface area contributed by atoms with Crippen LogP contribution in [-0.2, 0) is 4.74 Å². The predicted molar refractivity (Wildman–Crippen MR) is 69.3 cm³/mol. The van der Waals surface area contributed by atoms with E-state index in [1.807, 2.05) is 24.3 Å². The maximum atomic E-state index is 9.81. The second-order valence-electron chi connectivity index (χ2n) is 4.72. The number of hydrogen-bond donors (Lipinski definition) is 2. The quantitative estimate of drug-likeness (QED) is 0.849. The van der Waals surface area contributed by atoms with E-state index in [0.29, 0.717) is 6.42 Å². The van der Waals surface area contributed by atoms with Crippen LogP contribution in [0.15, 0.2) is 42.5 Å². The van der Waals surface area contributed by atoms with Gasteiger partial charge >= 0.3 is 0 Å². The van der Waals surface area contributed by atoms with Crippen LogP contribution < -0.4 is 0 Å². The van der Waals surface area contributed by atoms with Crippen molar-refractivity contribution in [1.29, 1.82) is 0 Å². The van der Waals surface area contributed by atoms with Crippen molar-refractivity contribution in [2.24, 2.45) is 0 Å². The smallest absolute Gasteiger partial charge is 0.107 e. The number of aliphatic hydroxyl groups is 2. The third-order valence-corrected chi connectivity index (χ3v) is 3.57. The number of hydrogen-bond acceptors (Lipinski definition) is 3. The first-order chi connectivity index (χ1) is 8.79. The van der Waals surface area contributed by atoms with Gasteiger partial charge in [-0.05, 0) is 16.3 Å². The second-order valence-corrected chi connectivity index (χ2v) is 4.72. The van der Waals surface area contributed by atoms with Gasteiger partial charge in [0.2, 0.25) is 0 Å². The van der Waals surface area contributed by atoms with Crippen molar-refractivity contribution in [3.05, 3.63) is 48.0 Å². The lowest BCUT2D eigenvalue weighted by atomic mass is 9.98. The molecule has 0 unspecified atom stereocenters. The van der Waals surface area contributed by atoms with E-state index in [-0.39, 0.29) is 12.7 Å². The number of fused-ring (bicyclic) bond motifs is 1. The fraction of sp³-hybridized carbons (Fsp3) is 0.333. The fourth-order valence-corrected chi connectivity index (χ4v) is 2.62. The average Bonchev–Trinajstić information content (AvgIpc) is 2.79. The minimum atomic E-state index is -0.584. The molecule has 0 aromatic heterocycles. The molecule has 0 amide bonds. The summed E-state index contributed by atoms with van der Waals surface area (Å²) in [4.78, 5) is 0. The number of aliphatic hydroxyl groups excluding tert-OH is 2. The first kappa shape index (κ1) is 11.7. The molecule has 3 rings (SSSR count). The molecular formula is C15H16O3. The van der Waals surface area contributed by atoms with Gasteiger partial charge in [0.05, 0.1) is 18.8 Å².